The smallest absolute Gasteiger partial charge is 0.202 e. The van der Waals surface area contributed by atoms with E-state index in [2.05, 4.69) is 10.1 Å². The number of nitrogens with zero attached hydrogens (tertiary/aromatic N) is 3. The summed E-state index contributed by atoms with van der Waals surface area (Å²) in [5.41, 5.74) is 4.40. The number of hydrogen-bond acceptors (Lipinski definition) is 6. The summed E-state index contributed by atoms with van der Waals surface area (Å²) in [6.07, 6.45) is 0. The normalized spacial score (nSPS) is 11.0. The fourth-order valence-corrected chi connectivity index (χ4v) is 4.07. The van der Waals surface area contributed by atoms with Crippen molar-refractivity contribution in [2.75, 3.05) is 6.61 Å². The van der Waals surface area contributed by atoms with Gasteiger partial charge in [0.05, 0.1) is 0 Å². The average molecular weight is 407 g/mol. The fraction of sp³-hybridized carbons (Fsp3) is 0.227. The van der Waals surface area contributed by atoms with E-state index in [1.54, 1.807) is 11.3 Å². The van der Waals surface area contributed by atoms with Gasteiger partial charge >= 0.3 is 0 Å². The zero-order valence-corrected chi connectivity index (χ0v) is 17.5. The second kappa shape index (κ2) is 7.67. The van der Waals surface area contributed by atoms with Gasteiger partial charge in [0.1, 0.15) is 16.5 Å². The minimum atomic E-state index is -0.0795. The quantitative estimate of drug-likeness (QED) is 0.417. The topological polar surface area (TPSA) is 70.2 Å². The van der Waals surface area contributed by atoms with Crippen LogP contribution in [0.25, 0.3) is 16.4 Å². The third kappa shape index (κ3) is 3.86. The molecule has 29 heavy (non-hydrogen) atoms. The predicted molar refractivity (Wildman–Crippen MR) is 112 cm³/mol. The number of rotatable bonds is 6. The predicted octanol–water partition coefficient (Wildman–Crippen LogP) is 5.08. The van der Waals surface area contributed by atoms with Gasteiger partial charge in [0, 0.05) is 39.7 Å². The second-order valence-corrected chi connectivity index (χ2v) is 7.80. The summed E-state index contributed by atoms with van der Waals surface area (Å²) in [4.78, 5) is 17.2. The lowest BCUT2D eigenvalue weighted by molar-refractivity contribution is 0.0921. The van der Waals surface area contributed by atoms with E-state index in [9.17, 15) is 4.79 Å². The molecule has 0 spiro atoms. The van der Waals surface area contributed by atoms with Crippen molar-refractivity contribution in [3.8, 4) is 22.1 Å². The molecule has 4 aromatic rings. The lowest BCUT2D eigenvalue weighted by Crippen LogP contribution is -2.12. The van der Waals surface area contributed by atoms with Gasteiger partial charge in [-0.2, -0.15) is 0 Å². The molecule has 0 aliphatic heterocycles. The van der Waals surface area contributed by atoms with Crippen LogP contribution in [-0.2, 0) is 0 Å². The molecular weight excluding hydrogens is 386 g/mol. The first-order chi connectivity index (χ1) is 13.9. The monoisotopic (exact) mass is 407 g/mol. The maximum absolute atomic E-state index is 12.7. The number of carbonyl (C=O) groups excluding carboxylic acids is 1. The average Bonchev–Trinajstić information content (AvgIpc) is 3.39. The Bertz CT molecular complexity index is 1170. The lowest BCUT2D eigenvalue weighted by atomic mass is 10.1. The Morgan fingerprint density at radius 2 is 1.90 bits per heavy atom. The van der Waals surface area contributed by atoms with E-state index < -0.39 is 0 Å². The van der Waals surface area contributed by atoms with Gasteiger partial charge < -0.3 is 9.26 Å². The van der Waals surface area contributed by atoms with Crippen LogP contribution < -0.4 is 4.74 Å². The molecule has 3 heterocycles. The number of benzene rings is 1. The first-order valence-corrected chi connectivity index (χ1v) is 10.1. The van der Waals surface area contributed by atoms with Gasteiger partial charge in [0.15, 0.2) is 12.4 Å². The Balaban J connectivity index is 1.46. The molecule has 3 aromatic heterocycles. The van der Waals surface area contributed by atoms with Gasteiger partial charge in [0.2, 0.25) is 5.78 Å². The van der Waals surface area contributed by atoms with Crippen molar-refractivity contribution >= 4 is 17.1 Å². The third-order valence-electron chi connectivity index (χ3n) is 4.67. The van der Waals surface area contributed by atoms with Crippen LogP contribution in [0.3, 0.4) is 0 Å². The molecule has 0 amide bonds. The summed E-state index contributed by atoms with van der Waals surface area (Å²) in [6.45, 7) is 7.62. The number of ketones is 1. The first-order valence-electron chi connectivity index (χ1n) is 9.23. The van der Waals surface area contributed by atoms with E-state index in [1.807, 2.05) is 74.0 Å². The van der Waals surface area contributed by atoms with Crippen LogP contribution in [0.2, 0.25) is 0 Å². The van der Waals surface area contributed by atoms with E-state index >= 15 is 0 Å². The SMILES string of the molecule is Cc1csc(-c2ccc(OCC(=O)c3cc(C)n(-c4cc(C)on4)c3C)cc2)n1. The molecule has 0 aliphatic rings. The summed E-state index contributed by atoms with van der Waals surface area (Å²) in [7, 11) is 0. The van der Waals surface area contributed by atoms with E-state index in [4.69, 9.17) is 9.26 Å². The molecule has 1 aromatic carbocycles. The molecule has 4 rings (SSSR count). The summed E-state index contributed by atoms with van der Waals surface area (Å²) in [5, 5.41) is 7.05. The van der Waals surface area contributed by atoms with Crippen LogP contribution in [0.4, 0.5) is 0 Å². The Kier molecular flexibility index (Phi) is 5.07. The van der Waals surface area contributed by atoms with E-state index in [1.165, 1.54) is 0 Å². The van der Waals surface area contributed by atoms with Gasteiger partial charge in [-0.15, -0.1) is 11.3 Å². The van der Waals surface area contributed by atoms with Crippen LogP contribution >= 0.6 is 11.3 Å². The molecule has 0 fully saturated rings. The van der Waals surface area contributed by atoms with E-state index in [0.717, 1.165) is 33.4 Å². The number of aromatic nitrogens is 3. The molecule has 0 bridgehead atoms. The molecule has 0 N–H and O–H groups in total. The summed E-state index contributed by atoms with van der Waals surface area (Å²) in [6, 6.07) is 11.3. The molecule has 0 aliphatic carbocycles. The maximum atomic E-state index is 12.7. The molecular formula is C22H21N3O3S. The van der Waals surface area contributed by atoms with Gasteiger partial charge in [-0.25, -0.2) is 4.98 Å². The molecule has 0 unspecified atom stereocenters. The summed E-state index contributed by atoms with van der Waals surface area (Å²) in [5.74, 6) is 1.96. The molecule has 6 nitrogen and oxygen atoms in total. The zero-order valence-electron chi connectivity index (χ0n) is 16.7. The molecule has 0 atom stereocenters. The Hall–Kier alpha value is -3.19. The second-order valence-electron chi connectivity index (χ2n) is 6.95. The van der Waals surface area contributed by atoms with Crippen molar-refractivity contribution in [2.45, 2.75) is 27.7 Å². The van der Waals surface area contributed by atoms with Crippen LogP contribution in [0.15, 0.2) is 46.3 Å². The minimum absolute atomic E-state index is 0.0299. The first kappa shape index (κ1) is 19.1. The summed E-state index contributed by atoms with van der Waals surface area (Å²) >= 11 is 1.61. The number of ether oxygens (including phenoxy) is 1. The Morgan fingerprint density at radius 1 is 1.14 bits per heavy atom. The van der Waals surface area contributed by atoms with Crippen LogP contribution in [0.1, 0.15) is 33.2 Å². The Labute approximate surface area is 172 Å². The molecule has 7 heteroatoms. The highest BCUT2D eigenvalue weighted by Crippen LogP contribution is 2.26. The Morgan fingerprint density at radius 3 is 2.52 bits per heavy atom. The highest BCUT2D eigenvalue weighted by Gasteiger charge is 2.19. The van der Waals surface area contributed by atoms with Gasteiger partial charge in [-0.3, -0.25) is 9.36 Å². The lowest BCUT2D eigenvalue weighted by Gasteiger charge is -2.07. The zero-order chi connectivity index (χ0) is 20.5. The van der Waals surface area contributed by atoms with Crippen LogP contribution in [0, 0.1) is 27.7 Å². The van der Waals surface area contributed by atoms with Crippen LogP contribution in [0.5, 0.6) is 5.75 Å². The van der Waals surface area contributed by atoms with Crippen molar-refractivity contribution < 1.29 is 14.1 Å². The fourth-order valence-electron chi connectivity index (χ4n) is 3.26. The van der Waals surface area contributed by atoms with E-state index in [-0.39, 0.29) is 12.4 Å². The molecule has 148 valence electrons. The maximum Gasteiger partial charge on any atom is 0.202 e. The van der Waals surface area contributed by atoms with Crippen molar-refractivity contribution in [2.24, 2.45) is 0 Å². The highest BCUT2D eigenvalue weighted by molar-refractivity contribution is 7.13. The van der Waals surface area contributed by atoms with Crippen molar-refractivity contribution in [1.82, 2.24) is 14.7 Å². The molecule has 0 saturated heterocycles. The van der Waals surface area contributed by atoms with Crippen molar-refractivity contribution in [1.29, 1.82) is 0 Å². The number of thiazole rings is 1. The van der Waals surface area contributed by atoms with Gasteiger partial charge in [0.25, 0.3) is 0 Å². The standard InChI is InChI=1S/C22H21N3O3S/c1-13-12-29-22(23-13)17-5-7-18(8-6-17)27-11-20(26)19-9-14(2)25(16(19)4)21-10-15(3)28-24-21/h5-10,12H,11H2,1-4H3. The number of Topliss-reactive ketones (excluding diaryl/α,β-unsaturated/α-hetero) is 1. The number of aryl methyl sites for hydroxylation is 3. The van der Waals surface area contributed by atoms with Crippen LogP contribution in [-0.4, -0.2) is 27.1 Å². The largest absolute Gasteiger partial charge is 0.485 e. The number of carbonyl (C=O) groups is 1. The molecule has 0 radical (unpaired) electrons. The third-order valence-corrected chi connectivity index (χ3v) is 5.68. The molecule has 0 saturated carbocycles. The van der Waals surface area contributed by atoms with Crippen molar-refractivity contribution in [3.05, 3.63) is 70.2 Å². The highest BCUT2D eigenvalue weighted by atomic mass is 32.1. The van der Waals surface area contributed by atoms with Crippen molar-refractivity contribution in [3.63, 3.8) is 0 Å². The minimum Gasteiger partial charge on any atom is -0.485 e. The summed E-state index contributed by atoms with van der Waals surface area (Å²) < 4.78 is 12.8. The van der Waals surface area contributed by atoms with Gasteiger partial charge in [-0.05, 0) is 58.0 Å². The van der Waals surface area contributed by atoms with Gasteiger partial charge in [-0.1, -0.05) is 5.16 Å². The van der Waals surface area contributed by atoms with E-state index in [0.29, 0.717) is 17.1 Å². The number of hydrogen-bond donors (Lipinski definition) is 0.